The number of aryl methyl sites for hydroxylation is 2. The molecule has 7 heteroatoms. The minimum atomic E-state index is -0.296. The summed E-state index contributed by atoms with van der Waals surface area (Å²) in [6.07, 6.45) is 1.97. The molecule has 0 radical (unpaired) electrons. The Morgan fingerprint density at radius 3 is 2.55 bits per heavy atom. The molecule has 3 aromatic heterocycles. The molecule has 148 valence electrons. The molecule has 0 saturated heterocycles. The smallest absolute Gasteiger partial charge is 0.331 e. The summed E-state index contributed by atoms with van der Waals surface area (Å²) >= 11 is 1.66. The van der Waals surface area contributed by atoms with E-state index in [1.165, 1.54) is 4.57 Å². The third-order valence-electron chi connectivity index (χ3n) is 5.89. The van der Waals surface area contributed by atoms with E-state index < -0.39 is 0 Å². The van der Waals surface area contributed by atoms with E-state index >= 15 is 0 Å². The fourth-order valence-electron chi connectivity index (χ4n) is 4.59. The van der Waals surface area contributed by atoms with Crippen molar-refractivity contribution in [3.05, 3.63) is 72.9 Å². The highest BCUT2D eigenvalue weighted by Crippen LogP contribution is 2.43. The predicted molar refractivity (Wildman–Crippen MR) is 116 cm³/mol. The lowest BCUT2D eigenvalue weighted by molar-refractivity contribution is 0.495. The van der Waals surface area contributed by atoms with Gasteiger partial charge in [-0.1, -0.05) is 30.3 Å². The first-order chi connectivity index (χ1) is 14.0. The average Bonchev–Trinajstić information content (AvgIpc) is 3.32. The molecule has 0 bridgehead atoms. The van der Waals surface area contributed by atoms with Gasteiger partial charge in [0, 0.05) is 31.7 Å². The Bertz CT molecular complexity index is 1360. The van der Waals surface area contributed by atoms with Crippen LogP contribution in [-0.2, 0) is 20.6 Å². The van der Waals surface area contributed by atoms with E-state index in [1.54, 1.807) is 30.0 Å². The molecule has 0 fully saturated rings. The van der Waals surface area contributed by atoms with Crippen LogP contribution in [0.3, 0.4) is 0 Å². The van der Waals surface area contributed by atoms with Crippen molar-refractivity contribution < 1.29 is 0 Å². The minimum Gasteiger partial charge on any atom is -0.341 e. The first-order valence-corrected chi connectivity index (χ1v) is 10.7. The maximum absolute atomic E-state index is 13.3. The Labute approximate surface area is 171 Å². The maximum atomic E-state index is 13.3. The van der Waals surface area contributed by atoms with E-state index in [1.807, 2.05) is 37.3 Å². The lowest BCUT2D eigenvalue weighted by atomic mass is 9.95. The summed E-state index contributed by atoms with van der Waals surface area (Å²) in [6.45, 7) is 2.83. The molecule has 0 saturated carbocycles. The van der Waals surface area contributed by atoms with E-state index in [-0.39, 0.29) is 17.2 Å². The van der Waals surface area contributed by atoms with Crippen molar-refractivity contribution >= 4 is 22.2 Å². The fourth-order valence-corrected chi connectivity index (χ4v) is 5.52. The summed E-state index contributed by atoms with van der Waals surface area (Å²) in [4.78, 5) is 30.8. The molecule has 0 spiro atoms. The van der Waals surface area contributed by atoms with Crippen molar-refractivity contribution in [2.45, 2.75) is 32.2 Å². The second-order valence-corrected chi connectivity index (χ2v) is 8.59. The number of hydrogen-bond donors (Lipinski definition) is 0. The van der Waals surface area contributed by atoms with Gasteiger partial charge in [-0.3, -0.25) is 13.9 Å². The van der Waals surface area contributed by atoms with Crippen LogP contribution >= 0.6 is 11.3 Å². The van der Waals surface area contributed by atoms with E-state index in [2.05, 4.69) is 9.95 Å². The number of thiazole rings is 1. The van der Waals surface area contributed by atoms with Gasteiger partial charge in [0.15, 0.2) is 0 Å². The lowest BCUT2D eigenvalue weighted by Crippen LogP contribution is -2.37. The molecule has 0 unspecified atom stereocenters. The van der Waals surface area contributed by atoms with Gasteiger partial charge < -0.3 is 4.57 Å². The topological polar surface area (TPSA) is 61.8 Å². The van der Waals surface area contributed by atoms with E-state index in [4.69, 9.17) is 4.98 Å². The predicted octanol–water partition coefficient (Wildman–Crippen LogP) is 3.40. The first kappa shape index (κ1) is 18.1. The summed E-state index contributed by atoms with van der Waals surface area (Å²) in [7, 11) is 3.32. The number of rotatable bonds is 2. The lowest BCUT2D eigenvalue weighted by Gasteiger charge is -2.25. The van der Waals surface area contributed by atoms with Crippen LogP contribution in [0.4, 0.5) is 0 Å². The van der Waals surface area contributed by atoms with E-state index in [0.717, 1.165) is 52.6 Å². The molecule has 1 aliphatic heterocycles. The summed E-state index contributed by atoms with van der Waals surface area (Å²) in [5, 5.41) is 3.74. The van der Waals surface area contributed by atoms with Crippen molar-refractivity contribution in [2.24, 2.45) is 14.1 Å². The molecule has 1 atom stereocenters. The number of fused-ring (bicyclic) bond motifs is 3. The molecule has 4 heterocycles. The number of nitrogens with zero attached hydrogens (tertiary/aromatic N) is 4. The molecule has 6 nitrogen and oxygen atoms in total. The van der Waals surface area contributed by atoms with Gasteiger partial charge in [0.25, 0.3) is 5.56 Å². The molecule has 5 rings (SSSR count). The average molecular weight is 407 g/mol. The minimum absolute atomic E-state index is 0.0834. The van der Waals surface area contributed by atoms with Crippen LogP contribution in [0.5, 0.6) is 0 Å². The van der Waals surface area contributed by atoms with Gasteiger partial charge in [-0.2, -0.15) is 0 Å². The Morgan fingerprint density at radius 1 is 1.10 bits per heavy atom. The van der Waals surface area contributed by atoms with Gasteiger partial charge in [-0.15, -0.1) is 11.3 Å². The van der Waals surface area contributed by atoms with Gasteiger partial charge >= 0.3 is 5.69 Å². The Hall–Kier alpha value is -2.93. The largest absolute Gasteiger partial charge is 0.341 e. The van der Waals surface area contributed by atoms with Crippen LogP contribution in [0.15, 0.2) is 45.3 Å². The third-order valence-corrected chi connectivity index (χ3v) is 6.97. The number of benzene rings is 1. The number of hydrogen-bond acceptors (Lipinski definition) is 4. The summed E-state index contributed by atoms with van der Waals surface area (Å²) in [6, 6.07) is 10.0. The molecule has 0 amide bonds. The van der Waals surface area contributed by atoms with Gasteiger partial charge in [0.05, 0.1) is 28.2 Å². The van der Waals surface area contributed by atoms with Crippen LogP contribution in [-0.4, -0.2) is 18.7 Å². The normalized spacial score (nSPS) is 16.3. The van der Waals surface area contributed by atoms with Crippen LogP contribution < -0.4 is 11.2 Å². The Kier molecular flexibility index (Phi) is 4.10. The van der Waals surface area contributed by atoms with E-state index in [9.17, 15) is 9.59 Å². The molecular weight excluding hydrogens is 384 g/mol. The Morgan fingerprint density at radius 2 is 1.86 bits per heavy atom. The standard InChI is InChI=1S/C22H22N4O2S/c1-13-12-29-20(23-13)15-10-7-11-26-17(14-8-5-4-6-9-14)16-19(18(15)26)24(2)22(28)25(3)21(16)27/h4-6,8-9,12,15H,7,10-11H2,1-3H3/t15-/m1/s1. The van der Waals surface area contributed by atoms with Crippen LogP contribution in [0.1, 0.15) is 35.2 Å². The highest BCUT2D eigenvalue weighted by Gasteiger charge is 2.33. The van der Waals surface area contributed by atoms with Crippen LogP contribution in [0.2, 0.25) is 0 Å². The molecule has 1 aliphatic rings. The SMILES string of the molecule is Cc1csc([C@@H]2CCCn3c(-c4ccccc4)c4c(=O)n(C)c(=O)n(C)c4c32)n1. The highest BCUT2D eigenvalue weighted by atomic mass is 32.1. The van der Waals surface area contributed by atoms with Crippen molar-refractivity contribution in [3.63, 3.8) is 0 Å². The summed E-state index contributed by atoms with van der Waals surface area (Å²) < 4.78 is 5.10. The molecule has 29 heavy (non-hydrogen) atoms. The second kappa shape index (κ2) is 6.56. The molecule has 0 aliphatic carbocycles. The molecule has 1 aromatic carbocycles. The number of aromatic nitrogens is 4. The third kappa shape index (κ3) is 2.57. The van der Waals surface area contributed by atoms with Crippen molar-refractivity contribution in [1.82, 2.24) is 18.7 Å². The van der Waals surface area contributed by atoms with Crippen LogP contribution in [0.25, 0.3) is 22.2 Å². The zero-order valence-electron chi connectivity index (χ0n) is 16.7. The fraction of sp³-hybridized carbons (Fsp3) is 0.318. The van der Waals surface area contributed by atoms with Crippen molar-refractivity contribution in [3.8, 4) is 11.3 Å². The van der Waals surface area contributed by atoms with Crippen molar-refractivity contribution in [1.29, 1.82) is 0 Å². The van der Waals surface area contributed by atoms with Gasteiger partial charge in [0.2, 0.25) is 0 Å². The zero-order chi connectivity index (χ0) is 20.3. The van der Waals surface area contributed by atoms with E-state index in [0.29, 0.717) is 5.39 Å². The summed E-state index contributed by atoms with van der Waals surface area (Å²) in [5.41, 5.74) is 4.16. The summed E-state index contributed by atoms with van der Waals surface area (Å²) in [5.74, 6) is 0.0834. The van der Waals surface area contributed by atoms with Crippen molar-refractivity contribution in [2.75, 3.05) is 0 Å². The molecule has 0 N–H and O–H groups in total. The molecule has 4 aromatic rings. The quantitative estimate of drug-likeness (QED) is 0.513. The second-order valence-electron chi connectivity index (χ2n) is 7.70. The first-order valence-electron chi connectivity index (χ1n) is 9.78. The van der Waals surface area contributed by atoms with Crippen LogP contribution in [0, 0.1) is 6.92 Å². The maximum Gasteiger partial charge on any atom is 0.331 e. The highest BCUT2D eigenvalue weighted by molar-refractivity contribution is 7.09. The monoisotopic (exact) mass is 406 g/mol. The van der Waals surface area contributed by atoms with Gasteiger partial charge in [-0.05, 0) is 25.3 Å². The van der Waals surface area contributed by atoms with Gasteiger partial charge in [0.1, 0.15) is 5.01 Å². The molecular formula is C22H22N4O2S. The zero-order valence-corrected chi connectivity index (χ0v) is 17.5. The Balaban J connectivity index is 1.97. The van der Waals surface area contributed by atoms with Gasteiger partial charge in [-0.25, -0.2) is 9.78 Å².